The highest BCUT2D eigenvalue weighted by Gasteiger charge is 2.28. The molecule has 0 saturated carbocycles. The second kappa shape index (κ2) is 7.99. The predicted octanol–water partition coefficient (Wildman–Crippen LogP) is 3.51. The van der Waals surface area contributed by atoms with Crippen molar-refractivity contribution in [2.45, 2.75) is 57.7 Å². The number of hydrogen-bond donors (Lipinski definition) is 3. The van der Waals surface area contributed by atoms with Crippen molar-refractivity contribution in [2.75, 3.05) is 6.54 Å². The largest absolute Gasteiger partial charge is 0.388 e. The van der Waals surface area contributed by atoms with E-state index >= 15 is 0 Å². The van der Waals surface area contributed by atoms with Crippen LogP contribution < -0.4 is 5.73 Å². The van der Waals surface area contributed by atoms with Crippen LogP contribution in [0.1, 0.15) is 63.2 Å². The Bertz CT molecular complexity index is 417. The zero-order valence-electron chi connectivity index (χ0n) is 12.4. The van der Waals surface area contributed by atoms with Gasteiger partial charge in [-0.2, -0.15) is 0 Å². The van der Waals surface area contributed by atoms with Crippen molar-refractivity contribution in [2.24, 2.45) is 5.73 Å². The van der Waals surface area contributed by atoms with Gasteiger partial charge in [-0.15, -0.1) is 0 Å². The van der Waals surface area contributed by atoms with Gasteiger partial charge in [0, 0.05) is 5.02 Å². The number of hydrogen-bond acceptors (Lipinski definition) is 3. The zero-order valence-corrected chi connectivity index (χ0v) is 13.2. The fraction of sp³-hybridized carbons (Fsp3) is 0.625. The first kappa shape index (κ1) is 17.4. The fourth-order valence-corrected chi connectivity index (χ4v) is 2.88. The third kappa shape index (κ3) is 4.45. The van der Waals surface area contributed by atoms with Crippen LogP contribution in [0.5, 0.6) is 0 Å². The Morgan fingerprint density at radius 1 is 1.20 bits per heavy atom. The predicted molar refractivity (Wildman–Crippen MR) is 83.8 cm³/mol. The number of nitrogens with two attached hydrogens (primary N) is 1. The second-order valence-electron chi connectivity index (χ2n) is 5.40. The summed E-state index contributed by atoms with van der Waals surface area (Å²) in [4.78, 5) is 0. The van der Waals surface area contributed by atoms with Crippen molar-refractivity contribution in [3.8, 4) is 0 Å². The smallest absolute Gasteiger partial charge is 0.0897 e. The topological polar surface area (TPSA) is 66.5 Å². The van der Waals surface area contributed by atoms with Crippen LogP contribution in [-0.2, 0) is 5.60 Å². The lowest BCUT2D eigenvalue weighted by molar-refractivity contribution is 0.0167. The third-order valence-corrected chi connectivity index (χ3v) is 3.83. The normalized spacial score (nSPS) is 13.5. The molecule has 1 aromatic rings. The lowest BCUT2D eigenvalue weighted by Crippen LogP contribution is -2.25. The zero-order chi connectivity index (χ0) is 15.2. The first-order chi connectivity index (χ1) is 9.46. The summed E-state index contributed by atoms with van der Waals surface area (Å²) in [5, 5.41) is 21.5. The van der Waals surface area contributed by atoms with Crippen molar-refractivity contribution in [1.29, 1.82) is 0 Å². The van der Waals surface area contributed by atoms with Gasteiger partial charge >= 0.3 is 0 Å². The summed E-state index contributed by atoms with van der Waals surface area (Å²) in [6.45, 7) is 4.52. The molecule has 0 aliphatic heterocycles. The average Bonchev–Trinajstić information content (AvgIpc) is 2.39. The number of aliphatic hydroxyl groups is 2. The van der Waals surface area contributed by atoms with Gasteiger partial charge in [-0.3, -0.25) is 0 Å². The maximum Gasteiger partial charge on any atom is 0.0897 e. The van der Waals surface area contributed by atoms with Crippen molar-refractivity contribution in [3.05, 3.63) is 34.3 Å². The minimum atomic E-state index is -0.869. The number of halogens is 1. The molecule has 4 N–H and O–H groups in total. The molecule has 1 rings (SSSR count). The van der Waals surface area contributed by atoms with Gasteiger partial charge in [0.1, 0.15) is 0 Å². The summed E-state index contributed by atoms with van der Waals surface area (Å²) in [6.07, 6.45) is 3.01. The quantitative estimate of drug-likeness (QED) is 0.688. The fourth-order valence-electron chi connectivity index (χ4n) is 2.64. The van der Waals surface area contributed by atoms with Crippen LogP contribution in [0, 0.1) is 0 Å². The summed E-state index contributed by atoms with van der Waals surface area (Å²) in [5.74, 6) is 0. The molecular weight excluding hydrogens is 274 g/mol. The van der Waals surface area contributed by atoms with Gasteiger partial charge in [0.05, 0.1) is 11.7 Å². The van der Waals surface area contributed by atoms with Crippen LogP contribution in [-0.4, -0.2) is 16.8 Å². The SMILES string of the molecule is CCCC(O)(CCC)c1cc(Cl)cc(C(O)CCN)c1. The molecule has 0 fully saturated rings. The first-order valence-electron chi connectivity index (χ1n) is 7.38. The minimum Gasteiger partial charge on any atom is -0.388 e. The summed E-state index contributed by atoms with van der Waals surface area (Å²) in [7, 11) is 0. The number of aliphatic hydroxyl groups excluding tert-OH is 1. The number of rotatable bonds is 8. The molecule has 4 heteroatoms. The molecular formula is C16H26ClNO2. The maximum atomic E-state index is 10.9. The molecule has 0 spiro atoms. The van der Waals surface area contributed by atoms with E-state index in [-0.39, 0.29) is 0 Å². The van der Waals surface area contributed by atoms with Gasteiger partial charge in [-0.1, -0.05) is 44.4 Å². The van der Waals surface area contributed by atoms with Gasteiger partial charge in [0.25, 0.3) is 0 Å². The molecule has 3 nitrogen and oxygen atoms in total. The van der Waals surface area contributed by atoms with E-state index in [0.29, 0.717) is 30.8 Å². The summed E-state index contributed by atoms with van der Waals surface area (Å²) < 4.78 is 0. The van der Waals surface area contributed by atoms with Crippen LogP contribution in [0.15, 0.2) is 18.2 Å². The van der Waals surface area contributed by atoms with E-state index in [4.69, 9.17) is 17.3 Å². The van der Waals surface area contributed by atoms with Gasteiger partial charge in [0.15, 0.2) is 0 Å². The highest BCUT2D eigenvalue weighted by atomic mass is 35.5. The monoisotopic (exact) mass is 299 g/mol. The minimum absolute atomic E-state index is 0.414. The van der Waals surface area contributed by atoms with Crippen molar-refractivity contribution >= 4 is 11.6 Å². The van der Waals surface area contributed by atoms with E-state index in [1.54, 1.807) is 12.1 Å². The molecule has 0 aliphatic carbocycles. The molecule has 1 aromatic carbocycles. The van der Waals surface area contributed by atoms with Crippen LogP contribution in [0.3, 0.4) is 0 Å². The van der Waals surface area contributed by atoms with E-state index in [0.717, 1.165) is 24.0 Å². The van der Waals surface area contributed by atoms with E-state index in [1.807, 2.05) is 6.07 Å². The van der Waals surface area contributed by atoms with Crippen LogP contribution in [0.2, 0.25) is 5.02 Å². The molecule has 0 saturated heterocycles. The lowest BCUT2D eigenvalue weighted by atomic mass is 9.84. The van der Waals surface area contributed by atoms with Crippen LogP contribution in [0.25, 0.3) is 0 Å². The summed E-state index contributed by atoms with van der Waals surface area (Å²) >= 11 is 6.15. The molecule has 114 valence electrons. The Morgan fingerprint density at radius 2 is 1.80 bits per heavy atom. The van der Waals surface area contributed by atoms with E-state index in [9.17, 15) is 10.2 Å². The van der Waals surface area contributed by atoms with Crippen molar-refractivity contribution < 1.29 is 10.2 Å². The van der Waals surface area contributed by atoms with Gasteiger partial charge < -0.3 is 15.9 Å². The van der Waals surface area contributed by atoms with Crippen LogP contribution >= 0.6 is 11.6 Å². The Hall–Kier alpha value is -0.610. The highest BCUT2D eigenvalue weighted by molar-refractivity contribution is 6.30. The van der Waals surface area contributed by atoms with E-state index in [2.05, 4.69) is 13.8 Å². The van der Waals surface area contributed by atoms with Gasteiger partial charge in [-0.05, 0) is 49.1 Å². The average molecular weight is 300 g/mol. The Kier molecular flexibility index (Phi) is 6.96. The van der Waals surface area contributed by atoms with Crippen LogP contribution in [0.4, 0.5) is 0 Å². The Labute approximate surface area is 126 Å². The second-order valence-corrected chi connectivity index (χ2v) is 5.83. The van der Waals surface area contributed by atoms with Gasteiger partial charge in [-0.25, -0.2) is 0 Å². The molecule has 0 aliphatic rings. The molecule has 0 aromatic heterocycles. The molecule has 20 heavy (non-hydrogen) atoms. The molecule has 1 unspecified atom stereocenters. The maximum absolute atomic E-state index is 10.9. The molecule has 0 amide bonds. The van der Waals surface area contributed by atoms with Crippen molar-refractivity contribution in [3.63, 3.8) is 0 Å². The highest BCUT2D eigenvalue weighted by Crippen LogP contribution is 2.35. The summed E-state index contributed by atoms with van der Waals surface area (Å²) in [5.41, 5.74) is 6.13. The number of benzene rings is 1. The van der Waals surface area contributed by atoms with E-state index < -0.39 is 11.7 Å². The standard InChI is InChI=1S/C16H26ClNO2/c1-3-6-16(20,7-4-2)13-9-12(10-14(17)11-13)15(19)5-8-18/h9-11,15,19-20H,3-8,18H2,1-2H3. The van der Waals surface area contributed by atoms with Gasteiger partial charge in [0.2, 0.25) is 0 Å². The molecule has 0 bridgehead atoms. The van der Waals surface area contributed by atoms with Crippen molar-refractivity contribution in [1.82, 2.24) is 0 Å². The first-order valence-corrected chi connectivity index (χ1v) is 7.76. The molecule has 0 radical (unpaired) electrons. The Balaban J connectivity index is 3.15. The molecule has 1 atom stereocenters. The summed E-state index contributed by atoms with van der Waals surface area (Å²) in [6, 6.07) is 5.40. The Morgan fingerprint density at radius 3 is 2.30 bits per heavy atom. The molecule has 0 heterocycles. The van der Waals surface area contributed by atoms with E-state index in [1.165, 1.54) is 0 Å². The lowest BCUT2D eigenvalue weighted by Gasteiger charge is -2.29. The third-order valence-electron chi connectivity index (χ3n) is 3.61.